The van der Waals surface area contributed by atoms with Gasteiger partial charge in [-0.25, -0.2) is 22.7 Å². The molecule has 11 heteroatoms. The van der Waals surface area contributed by atoms with Gasteiger partial charge in [-0.05, 0) is 61.9 Å². The van der Waals surface area contributed by atoms with Crippen molar-refractivity contribution in [3.8, 4) is 11.1 Å². The van der Waals surface area contributed by atoms with Crippen LogP contribution in [-0.4, -0.2) is 48.8 Å². The Morgan fingerprint density at radius 1 is 1.11 bits per heavy atom. The zero-order valence-electron chi connectivity index (χ0n) is 20.9. The van der Waals surface area contributed by atoms with E-state index in [2.05, 4.69) is 0 Å². The van der Waals surface area contributed by atoms with Crippen molar-refractivity contribution in [3.05, 3.63) is 70.1 Å². The van der Waals surface area contributed by atoms with E-state index in [-0.39, 0.29) is 29.3 Å². The summed E-state index contributed by atoms with van der Waals surface area (Å²) in [5, 5.41) is 8.97. The third kappa shape index (κ3) is 6.06. The van der Waals surface area contributed by atoms with Crippen LogP contribution in [0, 0.1) is 11.6 Å². The number of fused-ring (bicyclic) bond motifs is 1. The summed E-state index contributed by atoms with van der Waals surface area (Å²) in [5.74, 6) is -2.38. The minimum Gasteiger partial charge on any atom is -0.385 e. The van der Waals surface area contributed by atoms with Gasteiger partial charge in [0.2, 0.25) is 0 Å². The lowest BCUT2D eigenvalue weighted by Crippen LogP contribution is -2.50. The number of sulfone groups is 1. The second-order valence-electron chi connectivity index (χ2n) is 9.19. The van der Waals surface area contributed by atoms with Crippen LogP contribution in [-0.2, 0) is 32.3 Å². The van der Waals surface area contributed by atoms with Crippen molar-refractivity contribution in [1.82, 2.24) is 10.0 Å². The van der Waals surface area contributed by atoms with E-state index in [0.717, 1.165) is 42.3 Å². The van der Waals surface area contributed by atoms with Crippen molar-refractivity contribution in [2.45, 2.75) is 43.9 Å². The van der Waals surface area contributed by atoms with E-state index < -0.39 is 37.7 Å². The number of aromatic nitrogens is 1. The highest BCUT2D eigenvalue weighted by molar-refractivity contribution is 7.92. The summed E-state index contributed by atoms with van der Waals surface area (Å²) in [5.41, 5.74) is 2.24. The fraction of sp³-hybridized carbons (Fsp3) is 0.385. The summed E-state index contributed by atoms with van der Waals surface area (Å²) >= 11 is 0. The van der Waals surface area contributed by atoms with Crippen LogP contribution in [0.3, 0.4) is 0 Å². The van der Waals surface area contributed by atoms with Crippen molar-refractivity contribution >= 4 is 26.5 Å². The molecule has 0 unspecified atom stereocenters. The molecule has 0 fully saturated rings. The summed E-state index contributed by atoms with van der Waals surface area (Å²) in [6.45, 7) is 1.45. The number of nitrogens with one attached hydrogen (secondary N) is 1. The number of methoxy groups -OCH3 is 1. The first-order valence-corrected chi connectivity index (χ1v) is 13.6. The monoisotopic (exact) mass is 536 g/mol. The zero-order valence-corrected chi connectivity index (χ0v) is 21.7. The molecular formula is C26H30F2N2O6S. The number of hydrogen-bond donors (Lipinski definition) is 2. The molecule has 0 spiro atoms. The summed E-state index contributed by atoms with van der Waals surface area (Å²) in [4.78, 5) is 25.0. The Kier molecular flexibility index (Phi) is 8.83. The van der Waals surface area contributed by atoms with Crippen LogP contribution in [0.25, 0.3) is 21.9 Å². The number of ether oxygens (including phenoxy) is 1. The largest absolute Gasteiger partial charge is 0.385 e. The predicted octanol–water partition coefficient (Wildman–Crippen LogP) is 3.61. The fourth-order valence-electron chi connectivity index (χ4n) is 4.12. The van der Waals surface area contributed by atoms with E-state index in [9.17, 15) is 22.4 Å². The molecule has 0 aliphatic heterocycles. The Hall–Kier alpha value is -3.15. The average molecular weight is 537 g/mol. The molecule has 37 heavy (non-hydrogen) atoms. The molecule has 0 aliphatic rings. The maximum absolute atomic E-state index is 15.1. The van der Waals surface area contributed by atoms with Crippen LogP contribution in [0.4, 0.5) is 8.78 Å². The van der Waals surface area contributed by atoms with Crippen LogP contribution >= 0.6 is 0 Å². The lowest BCUT2D eigenvalue weighted by molar-refractivity contribution is -0.131. The van der Waals surface area contributed by atoms with Gasteiger partial charge in [0.15, 0.2) is 14.6 Å². The van der Waals surface area contributed by atoms with E-state index in [1.165, 1.54) is 29.7 Å². The number of hydrogen-bond acceptors (Lipinski definition) is 6. The Labute approximate surface area is 213 Å². The van der Waals surface area contributed by atoms with Crippen LogP contribution in [0.5, 0.6) is 0 Å². The summed E-state index contributed by atoms with van der Waals surface area (Å²) in [6.07, 6.45) is 3.79. The van der Waals surface area contributed by atoms with E-state index in [1.54, 1.807) is 13.2 Å². The molecular weight excluding hydrogens is 506 g/mol. The van der Waals surface area contributed by atoms with Crippen molar-refractivity contribution in [1.29, 1.82) is 0 Å². The molecule has 200 valence electrons. The third-order valence-electron chi connectivity index (χ3n) is 6.68. The quantitative estimate of drug-likeness (QED) is 0.220. The normalized spacial score (nSPS) is 13.5. The van der Waals surface area contributed by atoms with Crippen molar-refractivity contribution < 1.29 is 31.9 Å². The number of carbonyl (C=O) groups is 1. The minimum absolute atomic E-state index is 0.0132. The topological polar surface area (TPSA) is 115 Å². The maximum Gasteiger partial charge on any atom is 0.264 e. The summed E-state index contributed by atoms with van der Waals surface area (Å²) < 4.78 is 58.2. The fourth-order valence-corrected chi connectivity index (χ4v) is 4.97. The highest BCUT2D eigenvalue weighted by Gasteiger charge is 2.43. The molecule has 3 rings (SSSR count). The van der Waals surface area contributed by atoms with E-state index >= 15 is 4.39 Å². The predicted molar refractivity (Wildman–Crippen MR) is 136 cm³/mol. The Bertz CT molecular complexity index is 1470. The number of benzene rings is 2. The number of hydroxylamine groups is 1. The Morgan fingerprint density at radius 3 is 2.46 bits per heavy atom. The number of carbonyl (C=O) groups excluding carboxylic acids is 1. The first-order valence-electron chi connectivity index (χ1n) is 11.7. The molecule has 0 aliphatic carbocycles. The SMILES string of the molecule is COCCCCc1ccc(-c2ccc3c(=O)n(CC[C@@](C)(C(=O)NO)S(C)(=O)=O)cc(F)c3c2)c(F)c1. The van der Waals surface area contributed by atoms with Gasteiger partial charge in [-0.3, -0.25) is 14.8 Å². The van der Waals surface area contributed by atoms with Crippen LogP contribution in [0.15, 0.2) is 47.4 Å². The van der Waals surface area contributed by atoms with Gasteiger partial charge < -0.3 is 9.30 Å². The zero-order chi connectivity index (χ0) is 27.4. The minimum atomic E-state index is -3.99. The number of pyridine rings is 1. The van der Waals surface area contributed by atoms with Crippen molar-refractivity contribution in [3.63, 3.8) is 0 Å². The lowest BCUT2D eigenvalue weighted by Gasteiger charge is -2.25. The van der Waals surface area contributed by atoms with Crippen LogP contribution in [0.2, 0.25) is 0 Å². The molecule has 0 saturated heterocycles. The highest BCUT2D eigenvalue weighted by atomic mass is 32.2. The number of amides is 1. The van der Waals surface area contributed by atoms with E-state index in [0.29, 0.717) is 18.6 Å². The van der Waals surface area contributed by atoms with Gasteiger partial charge in [0.25, 0.3) is 11.5 Å². The number of aryl methyl sites for hydroxylation is 2. The van der Waals surface area contributed by atoms with Gasteiger partial charge in [0, 0.05) is 43.7 Å². The van der Waals surface area contributed by atoms with Gasteiger partial charge in [-0.2, -0.15) is 0 Å². The smallest absolute Gasteiger partial charge is 0.264 e. The number of nitrogens with zero attached hydrogens (tertiary/aromatic N) is 1. The first-order chi connectivity index (χ1) is 17.4. The van der Waals surface area contributed by atoms with Crippen LogP contribution < -0.4 is 11.0 Å². The molecule has 8 nitrogen and oxygen atoms in total. The number of rotatable bonds is 11. The van der Waals surface area contributed by atoms with Crippen LogP contribution in [0.1, 0.15) is 31.7 Å². The molecule has 1 atom stereocenters. The molecule has 0 saturated carbocycles. The van der Waals surface area contributed by atoms with Crippen molar-refractivity contribution in [2.75, 3.05) is 20.0 Å². The molecule has 1 aromatic heterocycles. The third-order valence-corrected chi connectivity index (χ3v) is 8.70. The first kappa shape index (κ1) is 28.4. The second kappa shape index (κ2) is 11.5. The van der Waals surface area contributed by atoms with Gasteiger partial charge in [-0.15, -0.1) is 0 Å². The molecule has 3 aromatic rings. The molecule has 0 radical (unpaired) electrons. The van der Waals surface area contributed by atoms with Crippen molar-refractivity contribution in [2.24, 2.45) is 0 Å². The van der Waals surface area contributed by atoms with E-state index in [1.807, 2.05) is 6.07 Å². The van der Waals surface area contributed by atoms with Gasteiger partial charge in [-0.1, -0.05) is 18.2 Å². The molecule has 1 amide bonds. The number of unbranched alkanes of at least 4 members (excludes halogenated alkanes) is 1. The molecule has 2 N–H and O–H groups in total. The van der Waals surface area contributed by atoms with E-state index in [4.69, 9.17) is 9.94 Å². The standard InChI is InChI=1S/C26H30F2N2O6S/c1-26(25(32)29-33,37(3,34)35)11-12-30-16-23(28)21-15-18(8-10-20(21)24(30)31)19-9-7-17(14-22(19)27)6-4-5-13-36-2/h7-10,14-16,33H,4-6,11-13H2,1-3H3,(H,29,32)/t26-/m0/s1. The summed E-state index contributed by atoms with van der Waals surface area (Å²) in [7, 11) is -2.36. The molecule has 2 aromatic carbocycles. The Morgan fingerprint density at radius 2 is 1.84 bits per heavy atom. The maximum atomic E-state index is 15.1. The Balaban J connectivity index is 1.91. The number of halogens is 2. The average Bonchev–Trinajstić information content (AvgIpc) is 2.86. The second-order valence-corrected chi connectivity index (χ2v) is 11.6. The summed E-state index contributed by atoms with van der Waals surface area (Å²) in [6, 6.07) is 9.18. The molecule has 1 heterocycles. The molecule has 0 bridgehead atoms. The lowest BCUT2D eigenvalue weighted by atomic mass is 9.98. The van der Waals surface area contributed by atoms with Gasteiger partial charge in [0.05, 0.1) is 5.39 Å². The van der Waals surface area contributed by atoms with Gasteiger partial charge >= 0.3 is 0 Å². The van der Waals surface area contributed by atoms with Gasteiger partial charge in [0.1, 0.15) is 11.6 Å². The highest BCUT2D eigenvalue weighted by Crippen LogP contribution is 2.28.